The lowest BCUT2D eigenvalue weighted by Gasteiger charge is -2.72. The molecule has 6 fully saturated rings. The second kappa shape index (κ2) is 9.35. The third-order valence-corrected chi connectivity index (χ3v) is 15.0. The van der Waals surface area contributed by atoms with E-state index in [-0.39, 0.29) is 52.3 Å². The second-order valence-corrected chi connectivity index (χ2v) is 16.7. The summed E-state index contributed by atoms with van der Waals surface area (Å²) in [6.07, 6.45) is 12.0. The van der Waals surface area contributed by atoms with Crippen LogP contribution in [0, 0.1) is 62.6 Å². The molecule has 6 nitrogen and oxygen atoms in total. The van der Waals surface area contributed by atoms with Gasteiger partial charge in [-0.2, -0.15) is 0 Å². The Kier molecular flexibility index (Phi) is 6.73. The Morgan fingerprint density at radius 1 is 0.850 bits per heavy atom. The average molecular weight is 558 g/mol. The monoisotopic (exact) mass is 557 g/mol. The Morgan fingerprint density at radius 2 is 1.57 bits per heavy atom. The molecule has 226 valence electrons. The Labute approximate surface area is 241 Å². The van der Waals surface area contributed by atoms with Crippen molar-refractivity contribution in [3.05, 3.63) is 0 Å². The Morgan fingerprint density at radius 3 is 2.23 bits per heavy atom. The standard InChI is InChI=1S/C34H55NO5/c1-20(19-36)22-11-16-34(28(37)38)18-17-32(5)23(27(22)34)9-10-25-31(4)14-13-26(40-29(39)35-21-7-8-21)30(2,3)24(31)12-15-33(25,32)6/h20-27,36H,7-19H2,1-6H3,(H,35,39)(H,37,38)/t20?,22-,23?,24?,25?,26-,27?,31-,32+,33+,34-/m0/s1. The first kappa shape index (κ1) is 28.8. The fraction of sp³-hybridized carbons (Fsp3) is 0.941. The zero-order valence-corrected chi connectivity index (χ0v) is 25.9. The smallest absolute Gasteiger partial charge is 0.407 e. The summed E-state index contributed by atoms with van der Waals surface area (Å²) >= 11 is 0. The summed E-state index contributed by atoms with van der Waals surface area (Å²) in [6.45, 7) is 14.7. The quantitative estimate of drug-likeness (QED) is 0.337. The van der Waals surface area contributed by atoms with Gasteiger partial charge < -0.3 is 20.3 Å². The zero-order chi connectivity index (χ0) is 28.9. The van der Waals surface area contributed by atoms with E-state index in [1.807, 2.05) is 0 Å². The van der Waals surface area contributed by atoms with Gasteiger partial charge in [-0.25, -0.2) is 4.79 Å². The van der Waals surface area contributed by atoms with Crippen LogP contribution in [0.25, 0.3) is 0 Å². The summed E-state index contributed by atoms with van der Waals surface area (Å²) in [5.74, 6) is 1.53. The maximum Gasteiger partial charge on any atom is 0.407 e. The number of alkyl carbamates (subject to hydrolysis) is 1. The fourth-order valence-corrected chi connectivity index (χ4v) is 12.5. The third kappa shape index (κ3) is 3.82. The van der Waals surface area contributed by atoms with Crippen molar-refractivity contribution in [2.75, 3.05) is 6.61 Å². The predicted molar refractivity (Wildman–Crippen MR) is 154 cm³/mol. The van der Waals surface area contributed by atoms with Crippen molar-refractivity contribution in [3.8, 4) is 0 Å². The first-order valence-corrected chi connectivity index (χ1v) is 16.6. The average Bonchev–Trinajstić information content (AvgIpc) is 3.61. The molecular formula is C34H55NO5. The van der Waals surface area contributed by atoms with Crippen LogP contribution in [0.4, 0.5) is 4.79 Å². The Hall–Kier alpha value is -1.30. The molecule has 6 saturated carbocycles. The number of amides is 1. The van der Waals surface area contributed by atoms with E-state index in [0.717, 1.165) is 64.2 Å². The van der Waals surface area contributed by atoms with Gasteiger partial charge in [0, 0.05) is 18.1 Å². The highest BCUT2D eigenvalue weighted by molar-refractivity contribution is 5.76. The van der Waals surface area contributed by atoms with Gasteiger partial charge >= 0.3 is 12.1 Å². The number of carbonyl (C=O) groups is 2. The molecule has 0 spiro atoms. The number of carboxylic acids is 1. The molecule has 3 N–H and O–H groups in total. The molecule has 1 amide bonds. The molecular weight excluding hydrogens is 502 g/mol. The number of aliphatic hydroxyl groups is 1. The van der Waals surface area contributed by atoms with E-state index in [1.165, 1.54) is 12.8 Å². The molecule has 6 rings (SSSR count). The number of aliphatic carboxylic acids is 1. The lowest BCUT2D eigenvalue weighted by molar-refractivity contribution is -0.249. The normalized spacial score (nSPS) is 50.0. The van der Waals surface area contributed by atoms with Gasteiger partial charge in [0.25, 0.3) is 0 Å². The van der Waals surface area contributed by atoms with E-state index in [0.29, 0.717) is 29.7 Å². The van der Waals surface area contributed by atoms with E-state index < -0.39 is 11.4 Å². The van der Waals surface area contributed by atoms with Crippen LogP contribution in [0.1, 0.15) is 119 Å². The van der Waals surface area contributed by atoms with Crippen LogP contribution in [0.15, 0.2) is 0 Å². The summed E-state index contributed by atoms with van der Waals surface area (Å²) in [5.41, 5.74) is -0.236. The molecule has 0 aromatic carbocycles. The number of hydrogen-bond acceptors (Lipinski definition) is 4. The first-order valence-electron chi connectivity index (χ1n) is 16.6. The van der Waals surface area contributed by atoms with Crippen LogP contribution in [0.2, 0.25) is 0 Å². The molecule has 40 heavy (non-hydrogen) atoms. The number of hydrogen-bond donors (Lipinski definition) is 3. The van der Waals surface area contributed by atoms with Crippen molar-refractivity contribution in [1.29, 1.82) is 0 Å². The zero-order valence-electron chi connectivity index (χ0n) is 25.9. The fourth-order valence-electron chi connectivity index (χ4n) is 12.5. The van der Waals surface area contributed by atoms with Gasteiger partial charge in [0.15, 0.2) is 0 Å². The van der Waals surface area contributed by atoms with Gasteiger partial charge in [-0.05, 0) is 129 Å². The number of fused-ring (bicyclic) bond motifs is 7. The van der Waals surface area contributed by atoms with Crippen LogP contribution in [0.5, 0.6) is 0 Å². The SMILES string of the molecule is CC(CO)[C@@H]1CC[C@]2(C(=O)O)CC[C@]3(C)C(CCC4[C@@]5(C)CC[C@H](OC(=O)NC6CC6)C(C)(C)C5CC[C@]43C)C12. The van der Waals surface area contributed by atoms with Crippen LogP contribution >= 0.6 is 0 Å². The van der Waals surface area contributed by atoms with Gasteiger partial charge in [0.05, 0.1) is 5.41 Å². The van der Waals surface area contributed by atoms with Gasteiger partial charge in [0.1, 0.15) is 6.10 Å². The minimum Gasteiger partial charge on any atom is -0.481 e. The molecule has 0 heterocycles. The van der Waals surface area contributed by atoms with Gasteiger partial charge in [-0.3, -0.25) is 4.79 Å². The summed E-state index contributed by atoms with van der Waals surface area (Å²) in [4.78, 5) is 25.6. The molecule has 11 atom stereocenters. The highest BCUT2D eigenvalue weighted by atomic mass is 16.6. The molecule has 0 aliphatic heterocycles. The molecule has 0 bridgehead atoms. The summed E-state index contributed by atoms with van der Waals surface area (Å²) in [6, 6.07) is 0.311. The lowest BCUT2D eigenvalue weighted by Crippen LogP contribution is -2.67. The molecule has 0 aromatic heterocycles. The van der Waals surface area contributed by atoms with E-state index in [1.54, 1.807) is 0 Å². The largest absolute Gasteiger partial charge is 0.481 e. The van der Waals surface area contributed by atoms with Crippen LogP contribution in [-0.2, 0) is 9.53 Å². The summed E-state index contributed by atoms with van der Waals surface area (Å²) in [7, 11) is 0. The van der Waals surface area contributed by atoms with Crippen LogP contribution in [0.3, 0.4) is 0 Å². The van der Waals surface area contributed by atoms with Crippen molar-refractivity contribution >= 4 is 12.1 Å². The Bertz CT molecular complexity index is 1040. The van der Waals surface area contributed by atoms with Crippen molar-refractivity contribution < 1.29 is 24.5 Å². The predicted octanol–water partition coefficient (Wildman–Crippen LogP) is 7.04. The molecule has 0 aromatic rings. The number of carboxylic acid groups (broad SMARTS) is 1. The second-order valence-electron chi connectivity index (χ2n) is 16.7. The molecule has 6 heteroatoms. The van der Waals surface area contributed by atoms with Crippen molar-refractivity contribution in [1.82, 2.24) is 5.32 Å². The lowest BCUT2D eigenvalue weighted by atomic mass is 9.32. The van der Waals surface area contributed by atoms with Crippen molar-refractivity contribution in [2.24, 2.45) is 62.6 Å². The van der Waals surface area contributed by atoms with Gasteiger partial charge in [-0.15, -0.1) is 0 Å². The van der Waals surface area contributed by atoms with Gasteiger partial charge in [-0.1, -0.05) is 41.5 Å². The number of aliphatic hydroxyl groups excluding tert-OH is 1. The number of carbonyl (C=O) groups excluding carboxylic acids is 1. The van der Waals surface area contributed by atoms with E-state index in [9.17, 15) is 19.8 Å². The molecule has 6 aliphatic rings. The van der Waals surface area contributed by atoms with Crippen molar-refractivity contribution in [2.45, 2.75) is 131 Å². The summed E-state index contributed by atoms with van der Waals surface area (Å²) in [5, 5.41) is 23.8. The molecule has 5 unspecified atom stereocenters. The van der Waals surface area contributed by atoms with E-state index in [2.05, 4.69) is 46.9 Å². The van der Waals surface area contributed by atoms with E-state index >= 15 is 0 Å². The third-order valence-electron chi connectivity index (χ3n) is 15.0. The van der Waals surface area contributed by atoms with Crippen molar-refractivity contribution in [3.63, 3.8) is 0 Å². The Balaban J connectivity index is 1.29. The maximum absolute atomic E-state index is 12.9. The number of rotatable bonds is 5. The van der Waals surface area contributed by atoms with Crippen LogP contribution < -0.4 is 5.32 Å². The van der Waals surface area contributed by atoms with E-state index in [4.69, 9.17) is 4.74 Å². The molecule has 6 aliphatic carbocycles. The van der Waals surface area contributed by atoms with Gasteiger partial charge in [0.2, 0.25) is 0 Å². The van der Waals surface area contributed by atoms with Crippen LogP contribution in [-0.4, -0.2) is 41.0 Å². The topological polar surface area (TPSA) is 95.9 Å². The minimum absolute atomic E-state index is 0.0503. The maximum atomic E-state index is 12.9. The first-order chi connectivity index (χ1) is 18.7. The molecule has 0 radical (unpaired) electrons. The summed E-state index contributed by atoms with van der Waals surface area (Å²) < 4.78 is 6.12. The highest BCUT2D eigenvalue weighted by Gasteiger charge is 2.72. The number of nitrogens with one attached hydrogen (secondary N) is 1. The molecule has 0 saturated heterocycles. The highest BCUT2D eigenvalue weighted by Crippen LogP contribution is 2.77. The minimum atomic E-state index is -0.610. The number of ether oxygens (including phenoxy) is 1.